The summed E-state index contributed by atoms with van der Waals surface area (Å²) in [4.78, 5) is 11.4. The molecule has 0 atom stereocenters. The first-order chi connectivity index (χ1) is 10.2. The van der Waals surface area contributed by atoms with Crippen LogP contribution in [0.4, 0.5) is 4.39 Å². The predicted octanol–water partition coefficient (Wildman–Crippen LogP) is 3.38. The molecule has 1 aromatic heterocycles. The van der Waals surface area contributed by atoms with Crippen LogP contribution in [-0.4, -0.2) is 20.9 Å². The van der Waals surface area contributed by atoms with E-state index in [9.17, 15) is 14.3 Å². The average Bonchev–Trinajstić information content (AvgIpc) is 2.93. The second kappa shape index (κ2) is 5.20. The van der Waals surface area contributed by atoms with Gasteiger partial charge in [0.25, 0.3) is 0 Å². The van der Waals surface area contributed by atoms with Crippen LogP contribution >= 0.6 is 0 Å². The molecule has 0 unspecified atom stereocenters. The van der Waals surface area contributed by atoms with Crippen LogP contribution in [0.3, 0.4) is 0 Å². The number of carboxylic acids is 1. The molecule has 0 amide bonds. The number of benzene rings is 2. The molecule has 5 heteroatoms. The maximum atomic E-state index is 13.4. The molecule has 0 aliphatic rings. The highest BCUT2D eigenvalue weighted by Crippen LogP contribution is 2.26. The normalized spacial score (nSPS) is 10.5. The summed E-state index contributed by atoms with van der Waals surface area (Å²) in [7, 11) is 0. The molecule has 2 aromatic carbocycles. The molecule has 0 aliphatic carbocycles. The molecule has 1 N–H and O–H groups in total. The minimum absolute atomic E-state index is 0.0745. The molecule has 104 valence electrons. The van der Waals surface area contributed by atoms with Gasteiger partial charge in [-0.15, -0.1) is 0 Å². The Kier molecular flexibility index (Phi) is 3.23. The molecule has 0 aliphatic heterocycles. The number of halogens is 1. The largest absolute Gasteiger partial charge is 0.478 e. The van der Waals surface area contributed by atoms with Crippen molar-refractivity contribution in [3.63, 3.8) is 0 Å². The van der Waals surface area contributed by atoms with E-state index in [1.54, 1.807) is 24.3 Å². The molecular weight excluding hydrogens is 271 g/mol. The Bertz CT molecular complexity index is 797. The maximum Gasteiger partial charge on any atom is 0.339 e. The van der Waals surface area contributed by atoms with Crippen molar-refractivity contribution in [2.45, 2.75) is 0 Å². The topological polar surface area (TPSA) is 55.1 Å². The van der Waals surface area contributed by atoms with Crippen LogP contribution in [0.1, 0.15) is 10.4 Å². The Hall–Kier alpha value is -2.95. The third-order valence-electron chi connectivity index (χ3n) is 3.10. The Morgan fingerprint density at radius 2 is 1.86 bits per heavy atom. The zero-order chi connectivity index (χ0) is 14.8. The summed E-state index contributed by atoms with van der Waals surface area (Å²) in [5.74, 6) is -1.48. The monoisotopic (exact) mass is 282 g/mol. The van der Waals surface area contributed by atoms with Gasteiger partial charge in [0.05, 0.1) is 17.6 Å². The van der Waals surface area contributed by atoms with Gasteiger partial charge in [0, 0.05) is 5.56 Å². The summed E-state index contributed by atoms with van der Waals surface area (Å²) in [5, 5.41) is 13.4. The van der Waals surface area contributed by atoms with E-state index in [4.69, 9.17) is 0 Å². The minimum atomic E-state index is -1.07. The number of hydrogen-bond donors (Lipinski definition) is 1. The number of hydrogen-bond acceptors (Lipinski definition) is 2. The van der Waals surface area contributed by atoms with E-state index < -0.39 is 11.8 Å². The number of carboxylic acid groups (broad SMARTS) is 1. The molecule has 0 fully saturated rings. The summed E-state index contributed by atoms with van der Waals surface area (Å²) < 4.78 is 14.8. The highest BCUT2D eigenvalue weighted by molar-refractivity contribution is 5.95. The summed E-state index contributed by atoms with van der Waals surface area (Å²) in [6.45, 7) is 0. The van der Waals surface area contributed by atoms with Gasteiger partial charge in [0.15, 0.2) is 0 Å². The van der Waals surface area contributed by atoms with E-state index in [0.717, 1.165) is 0 Å². The minimum Gasteiger partial charge on any atom is -0.478 e. The SMILES string of the molecule is O=C(O)c1cnn(-c2cccc(F)c2)c1-c1ccccc1. The number of nitrogens with zero attached hydrogens (tertiary/aromatic N) is 2. The average molecular weight is 282 g/mol. The van der Waals surface area contributed by atoms with Crippen molar-refractivity contribution in [2.75, 3.05) is 0 Å². The summed E-state index contributed by atoms with van der Waals surface area (Å²) in [6, 6.07) is 14.9. The van der Waals surface area contributed by atoms with E-state index in [2.05, 4.69) is 5.10 Å². The molecule has 4 nitrogen and oxygen atoms in total. The first-order valence-electron chi connectivity index (χ1n) is 6.29. The lowest BCUT2D eigenvalue weighted by atomic mass is 10.1. The first kappa shape index (κ1) is 13.1. The molecular formula is C16H11FN2O2. The van der Waals surface area contributed by atoms with Crippen molar-refractivity contribution in [3.8, 4) is 16.9 Å². The number of carbonyl (C=O) groups is 1. The van der Waals surface area contributed by atoms with Crippen LogP contribution in [0.15, 0.2) is 60.8 Å². The second-order valence-corrected chi connectivity index (χ2v) is 4.47. The van der Waals surface area contributed by atoms with Crippen molar-refractivity contribution in [3.05, 3.63) is 72.2 Å². The van der Waals surface area contributed by atoms with Crippen LogP contribution in [0.5, 0.6) is 0 Å². The molecule has 0 bridgehead atoms. The molecule has 1 heterocycles. The van der Waals surface area contributed by atoms with Gasteiger partial charge in [-0.3, -0.25) is 0 Å². The zero-order valence-electron chi connectivity index (χ0n) is 10.9. The van der Waals surface area contributed by atoms with E-state index in [1.165, 1.54) is 23.0 Å². The molecule has 3 aromatic rings. The third-order valence-corrected chi connectivity index (χ3v) is 3.10. The van der Waals surface area contributed by atoms with Crippen LogP contribution in [0.25, 0.3) is 16.9 Å². The molecule has 21 heavy (non-hydrogen) atoms. The quantitative estimate of drug-likeness (QED) is 0.801. The number of aromatic carboxylic acids is 1. The van der Waals surface area contributed by atoms with E-state index in [0.29, 0.717) is 16.9 Å². The zero-order valence-corrected chi connectivity index (χ0v) is 10.9. The van der Waals surface area contributed by atoms with Gasteiger partial charge in [0.2, 0.25) is 0 Å². The molecule has 0 radical (unpaired) electrons. The van der Waals surface area contributed by atoms with Crippen molar-refractivity contribution >= 4 is 5.97 Å². The Morgan fingerprint density at radius 3 is 2.52 bits per heavy atom. The molecule has 0 saturated carbocycles. The Balaban J connectivity index is 2.25. The van der Waals surface area contributed by atoms with Gasteiger partial charge in [-0.25, -0.2) is 13.9 Å². The Labute approximate surface area is 120 Å². The standard InChI is InChI=1S/C16H11FN2O2/c17-12-7-4-8-13(9-12)19-15(11-5-2-1-3-6-11)14(10-18-19)16(20)21/h1-10H,(H,20,21). The van der Waals surface area contributed by atoms with Gasteiger partial charge in [-0.05, 0) is 18.2 Å². The fourth-order valence-electron chi connectivity index (χ4n) is 2.18. The van der Waals surface area contributed by atoms with Gasteiger partial charge < -0.3 is 5.11 Å². The van der Waals surface area contributed by atoms with Crippen molar-refractivity contribution in [2.24, 2.45) is 0 Å². The lowest BCUT2D eigenvalue weighted by molar-refractivity contribution is 0.0697. The molecule has 0 saturated heterocycles. The van der Waals surface area contributed by atoms with Crippen LogP contribution in [-0.2, 0) is 0 Å². The van der Waals surface area contributed by atoms with Gasteiger partial charge in [-0.2, -0.15) is 5.10 Å². The van der Waals surface area contributed by atoms with E-state index in [-0.39, 0.29) is 5.56 Å². The highest BCUT2D eigenvalue weighted by Gasteiger charge is 2.19. The van der Waals surface area contributed by atoms with E-state index >= 15 is 0 Å². The number of rotatable bonds is 3. The third kappa shape index (κ3) is 2.41. The smallest absolute Gasteiger partial charge is 0.339 e. The van der Waals surface area contributed by atoms with E-state index in [1.807, 2.05) is 18.2 Å². The molecule has 3 rings (SSSR count). The van der Waals surface area contributed by atoms with Crippen LogP contribution in [0, 0.1) is 5.82 Å². The number of aromatic nitrogens is 2. The summed E-state index contributed by atoms with van der Waals surface area (Å²) in [5.41, 5.74) is 1.68. The second-order valence-electron chi connectivity index (χ2n) is 4.47. The lowest BCUT2D eigenvalue weighted by Crippen LogP contribution is -2.03. The van der Waals surface area contributed by atoms with Gasteiger partial charge in [-0.1, -0.05) is 36.4 Å². The van der Waals surface area contributed by atoms with Crippen molar-refractivity contribution in [1.82, 2.24) is 9.78 Å². The Morgan fingerprint density at radius 1 is 1.10 bits per heavy atom. The molecule has 0 spiro atoms. The summed E-state index contributed by atoms with van der Waals surface area (Å²) in [6.07, 6.45) is 1.27. The lowest BCUT2D eigenvalue weighted by Gasteiger charge is -2.09. The summed E-state index contributed by atoms with van der Waals surface area (Å²) >= 11 is 0. The van der Waals surface area contributed by atoms with Gasteiger partial charge in [0.1, 0.15) is 11.4 Å². The van der Waals surface area contributed by atoms with Crippen LogP contribution < -0.4 is 0 Å². The first-order valence-corrected chi connectivity index (χ1v) is 6.29. The van der Waals surface area contributed by atoms with Crippen molar-refractivity contribution in [1.29, 1.82) is 0 Å². The fraction of sp³-hybridized carbons (Fsp3) is 0. The highest BCUT2D eigenvalue weighted by atomic mass is 19.1. The van der Waals surface area contributed by atoms with Crippen molar-refractivity contribution < 1.29 is 14.3 Å². The van der Waals surface area contributed by atoms with Gasteiger partial charge >= 0.3 is 5.97 Å². The van der Waals surface area contributed by atoms with Crippen LogP contribution in [0.2, 0.25) is 0 Å². The maximum absolute atomic E-state index is 13.4. The predicted molar refractivity (Wildman–Crippen MR) is 75.9 cm³/mol. The fourth-order valence-corrected chi connectivity index (χ4v) is 2.18.